The van der Waals surface area contributed by atoms with Crippen LogP contribution in [0.5, 0.6) is 0 Å². The Morgan fingerprint density at radius 2 is 2.00 bits per heavy atom. The molecule has 1 unspecified atom stereocenters. The van der Waals surface area contributed by atoms with Crippen molar-refractivity contribution in [2.75, 3.05) is 20.3 Å². The van der Waals surface area contributed by atoms with Crippen LogP contribution in [0.4, 0.5) is 0 Å². The first-order valence-corrected chi connectivity index (χ1v) is 6.13. The zero-order valence-corrected chi connectivity index (χ0v) is 10.5. The van der Waals surface area contributed by atoms with Gasteiger partial charge in [-0.25, -0.2) is 0 Å². The number of hydrogen-bond donors (Lipinski definition) is 0. The lowest BCUT2D eigenvalue weighted by Gasteiger charge is -2.02. The normalized spacial score (nSPS) is 18.8. The maximum atomic E-state index is 11.6. The first-order valence-electron chi connectivity index (χ1n) is 6.13. The SMILES string of the molecule is CCCCCC1=C(COC)C1C(=O)OCC. The van der Waals surface area contributed by atoms with Gasteiger partial charge in [0, 0.05) is 7.11 Å². The quantitative estimate of drug-likeness (QED) is 0.362. The topological polar surface area (TPSA) is 35.5 Å². The fourth-order valence-corrected chi connectivity index (χ4v) is 2.03. The second-order valence-corrected chi connectivity index (χ2v) is 4.13. The summed E-state index contributed by atoms with van der Waals surface area (Å²) < 4.78 is 10.1. The van der Waals surface area contributed by atoms with Gasteiger partial charge in [0.25, 0.3) is 0 Å². The molecule has 0 aromatic carbocycles. The number of ether oxygens (including phenoxy) is 2. The monoisotopic (exact) mass is 226 g/mol. The van der Waals surface area contributed by atoms with Gasteiger partial charge in [-0.05, 0) is 30.9 Å². The Morgan fingerprint density at radius 1 is 1.25 bits per heavy atom. The fraction of sp³-hybridized carbons (Fsp3) is 0.769. The number of rotatable bonds is 8. The predicted octanol–water partition coefficient (Wildman–Crippen LogP) is 2.70. The molecule has 1 rings (SSSR count). The Balaban J connectivity index is 2.40. The first-order chi connectivity index (χ1) is 7.76. The lowest BCUT2D eigenvalue weighted by atomic mass is 10.1. The summed E-state index contributed by atoms with van der Waals surface area (Å²) in [5.74, 6) is -0.155. The van der Waals surface area contributed by atoms with Crippen LogP contribution in [0, 0.1) is 5.92 Å². The summed E-state index contributed by atoms with van der Waals surface area (Å²) in [6, 6.07) is 0. The summed E-state index contributed by atoms with van der Waals surface area (Å²) in [4.78, 5) is 11.6. The van der Waals surface area contributed by atoms with Gasteiger partial charge in [0.2, 0.25) is 0 Å². The molecule has 0 aromatic heterocycles. The van der Waals surface area contributed by atoms with Crippen LogP contribution in [0.3, 0.4) is 0 Å². The molecule has 0 heterocycles. The van der Waals surface area contributed by atoms with Crippen molar-refractivity contribution >= 4 is 5.97 Å². The van der Waals surface area contributed by atoms with E-state index in [1.165, 1.54) is 18.4 Å². The Hall–Kier alpha value is -0.830. The number of carbonyl (C=O) groups is 1. The van der Waals surface area contributed by atoms with Crippen molar-refractivity contribution in [3.8, 4) is 0 Å². The van der Waals surface area contributed by atoms with Crippen LogP contribution in [0.25, 0.3) is 0 Å². The van der Waals surface area contributed by atoms with Crippen LogP contribution < -0.4 is 0 Å². The molecule has 0 amide bonds. The van der Waals surface area contributed by atoms with Gasteiger partial charge in [-0.1, -0.05) is 19.8 Å². The molecule has 1 atom stereocenters. The van der Waals surface area contributed by atoms with Crippen molar-refractivity contribution in [3.63, 3.8) is 0 Å². The minimum Gasteiger partial charge on any atom is -0.465 e. The van der Waals surface area contributed by atoms with Crippen molar-refractivity contribution in [1.29, 1.82) is 0 Å². The van der Waals surface area contributed by atoms with Crippen LogP contribution in [-0.2, 0) is 14.3 Å². The number of unbranched alkanes of at least 4 members (excludes halogenated alkanes) is 2. The molecule has 1 aliphatic rings. The Kier molecular flexibility index (Phi) is 5.53. The first kappa shape index (κ1) is 13.2. The maximum absolute atomic E-state index is 11.6. The molecular weight excluding hydrogens is 204 g/mol. The second kappa shape index (κ2) is 6.69. The minimum atomic E-state index is -0.0963. The third-order valence-electron chi connectivity index (χ3n) is 2.90. The molecule has 1 aliphatic carbocycles. The molecule has 16 heavy (non-hydrogen) atoms. The smallest absolute Gasteiger partial charge is 0.317 e. The highest BCUT2D eigenvalue weighted by Crippen LogP contribution is 2.43. The summed E-state index contributed by atoms with van der Waals surface area (Å²) >= 11 is 0. The molecule has 0 fully saturated rings. The van der Waals surface area contributed by atoms with Crippen molar-refractivity contribution in [2.45, 2.75) is 39.5 Å². The highest BCUT2D eigenvalue weighted by atomic mass is 16.5. The second-order valence-electron chi connectivity index (χ2n) is 4.13. The van der Waals surface area contributed by atoms with Gasteiger partial charge >= 0.3 is 5.97 Å². The number of carbonyl (C=O) groups excluding carboxylic acids is 1. The average molecular weight is 226 g/mol. The van der Waals surface area contributed by atoms with Gasteiger partial charge in [0.05, 0.1) is 13.2 Å². The summed E-state index contributed by atoms with van der Waals surface area (Å²) in [7, 11) is 1.66. The zero-order chi connectivity index (χ0) is 12.0. The van der Waals surface area contributed by atoms with E-state index in [4.69, 9.17) is 9.47 Å². The Bertz CT molecular complexity index is 268. The van der Waals surface area contributed by atoms with Gasteiger partial charge in [0.1, 0.15) is 5.92 Å². The molecule has 0 saturated heterocycles. The zero-order valence-electron chi connectivity index (χ0n) is 10.5. The highest BCUT2D eigenvalue weighted by Gasteiger charge is 2.42. The van der Waals surface area contributed by atoms with Crippen LogP contribution in [-0.4, -0.2) is 26.3 Å². The lowest BCUT2D eigenvalue weighted by molar-refractivity contribution is -0.144. The van der Waals surface area contributed by atoms with E-state index in [-0.39, 0.29) is 11.9 Å². The van der Waals surface area contributed by atoms with Gasteiger partial charge in [0.15, 0.2) is 0 Å². The highest BCUT2D eigenvalue weighted by molar-refractivity contribution is 5.86. The van der Waals surface area contributed by atoms with Gasteiger partial charge < -0.3 is 9.47 Å². The summed E-state index contributed by atoms with van der Waals surface area (Å²) in [6.07, 6.45) is 4.61. The van der Waals surface area contributed by atoms with Crippen molar-refractivity contribution in [3.05, 3.63) is 11.1 Å². The molecule has 0 aliphatic heterocycles. The molecule has 0 aromatic rings. The van der Waals surface area contributed by atoms with Crippen LogP contribution in [0.2, 0.25) is 0 Å². The van der Waals surface area contributed by atoms with Gasteiger partial charge in [-0.2, -0.15) is 0 Å². The summed E-state index contributed by atoms with van der Waals surface area (Å²) in [6.45, 7) is 5.05. The van der Waals surface area contributed by atoms with E-state index in [1.807, 2.05) is 6.92 Å². The largest absolute Gasteiger partial charge is 0.465 e. The third kappa shape index (κ3) is 3.34. The standard InChI is InChI=1S/C13H22O3/c1-4-6-7-8-10-11(9-15-3)12(10)13(14)16-5-2/h12H,4-9H2,1-3H3. The summed E-state index contributed by atoms with van der Waals surface area (Å²) in [5.41, 5.74) is 2.41. The van der Waals surface area contributed by atoms with Gasteiger partial charge in [-0.3, -0.25) is 4.79 Å². The van der Waals surface area contributed by atoms with Crippen LogP contribution in [0.15, 0.2) is 11.1 Å². The van der Waals surface area contributed by atoms with E-state index in [0.717, 1.165) is 18.4 Å². The van der Waals surface area contributed by atoms with E-state index in [0.29, 0.717) is 13.2 Å². The van der Waals surface area contributed by atoms with E-state index >= 15 is 0 Å². The minimum absolute atomic E-state index is 0.0586. The molecule has 0 bridgehead atoms. The van der Waals surface area contributed by atoms with Crippen LogP contribution in [0.1, 0.15) is 39.5 Å². The van der Waals surface area contributed by atoms with Crippen molar-refractivity contribution < 1.29 is 14.3 Å². The van der Waals surface area contributed by atoms with E-state index in [9.17, 15) is 4.79 Å². The molecule has 0 N–H and O–H groups in total. The van der Waals surface area contributed by atoms with E-state index in [2.05, 4.69) is 6.92 Å². The molecule has 0 radical (unpaired) electrons. The third-order valence-corrected chi connectivity index (χ3v) is 2.90. The van der Waals surface area contributed by atoms with Gasteiger partial charge in [-0.15, -0.1) is 0 Å². The summed E-state index contributed by atoms with van der Waals surface area (Å²) in [5, 5.41) is 0. The molecule has 3 nitrogen and oxygen atoms in total. The number of methoxy groups -OCH3 is 1. The Morgan fingerprint density at radius 3 is 2.56 bits per heavy atom. The fourth-order valence-electron chi connectivity index (χ4n) is 2.03. The average Bonchev–Trinajstić information content (AvgIpc) is 2.93. The molecule has 0 spiro atoms. The van der Waals surface area contributed by atoms with Crippen molar-refractivity contribution in [1.82, 2.24) is 0 Å². The van der Waals surface area contributed by atoms with E-state index in [1.54, 1.807) is 7.11 Å². The molecule has 0 saturated carbocycles. The maximum Gasteiger partial charge on any atom is 0.317 e. The predicted molar refractivity (Wildman–Crippen MR) is 63.2 cm³/mol. The van der Waals surface area contributed by atoms with Crippen molar-refractivity contribution in [2.24, 2.45) is 5.92 Å². The van der Waals surface area contributed by atoms with E-state index < -0.39 is 0 Å². The van der Waals surface area contributed by atoms with Crippen LogP contribution >= 0.6 is 0 Å². The molecular formula is C13H22O3. The number of hydrogen-bond acceptors (Lipinski definition) is 3. The lowest BCUT2D eigenvalue weighted by Crippen LogP contribution is -2.10. The molecule has 3 heteroatoms. The molecule has 92 valence electrons. The Labute approximate surface area is 97.8 Å². The number of esters is 1.